The van der Waals surface area contributed by atoms with E-state index in [0.29, 0.717) is 24.9 Å². The van der Waals surface area contributed by atoms with Gasteiger partial charge in [0.25, 0.3) is 0 Å². The van der Waals surface area contributed by atoms with Gasteiger partial charge in [-0.1, -0.05) is 59.6 Å². The number of carbonyl (C=O) groups excluding carboxylic acids is 1. The van der Waals surface area contributed by atoms with Crippen molar-refractivity contribution in [3.8, 4) is 0 Å². The maximum Gasteiger partial charge on any atom is 0.316 e. The average molecular weight is 501 g/mol. The Balaban J connectivity index is 1.62. The fourth-order valence-corrected chi connectivity index (χ4v) is 11.0. The zero-order chi connectivity index (χ0) is 26.5. The van der Waals surface area contributed by atoms with Crippen molar-refractivity contribution in [2.75, 3.05) is 6.61 Å². The Morgan fingerprint density at radius 3 is 2.22 bits per heavy atom. The van der Waals surface area contributed by atoms with E-state index < -0.39 is 17.6 Å². The Morgan fingerprint density at radius 1 is 0.889 bits per heavy atom. The minimum Gasteiger partial charge on any atom is -0.465 e. The van der Waals surface area contributed by atoms with Gasteiger partial charge in [0.1, 0.15) is 0 Å². The predicted octanol–water partition coefficient (Wildman–Crippen LogP) is 6.83. The highest BCUT2D eigenvalue weighted by molar-refractivity contribution is 5.82. The van der Waals surface area contributed by atoms with Gasteiger partial charge in [0.15, 0.2) is 0 Å². The summed E-state index contributed by atoms with van der Waals surface area (Å²) in [4.78, 5) is 13.6. The number of ether oxygens (including phenoxy) is 1. The molecule has 2 N–H and O–H groups in total. The smallest absolute Gasteiger partial charge is 0.316 e. The molecule has 0 radical (unpaired) electrons. The Hall–Kier alpha value is -0.870. The first-order chi connectivity index (χ1) is 16.6. The topological polar surface area (TPSA) is 66.8 Å². The summed E-state index contributed by atoms with van der Waals surface area (Å²) in [5.74, 6) is 0.945. The van der Waals surface area contributed by atoms with Crippen LogP contribution in [-0.4, -0.2) is 35.0 Å². The number of aliphatic hydroxyl groups excluding tert-OH is 2. The van der Waals surface area contributed by atoms with Crippen LogP contribution in [0.2, 0.25) is 0 Å². The van der Waals surface area contributed by atoms with E-state index in [4.69, 9.17) is 4.74 Å². The van der Waals surface area contributed by atoms with Crippen LogP contribution in [-0.2, 0) is 9.53 Å². The standard InChI is InChI=1S/C32H52O4/c1-9-36-26(35)32-16-14-27(2,3)18-21(32)20-10-11-24-29(6)19-22(33)25(34)28(4,5)23(29)12-13-31(24,8)30(20,7)15-17-32/h22-25,33-34H,9-19H2,1-8H3/t22-,23?,24?,25+,29+,30-,31-,32+/m1/s1. The third-order valence-corrected chi connectivity index (χ3v) is 13.1. The van der Waals surface area contributed by atoms with E-state index in [9.17, 15) is 15.0 Å². The van der Waals surface area contributed by atoms with Crippen LogP contribution < -0.4 is 0 Å². The monoisotopic (exact) mass is 500 g/mol. The van der Waals surface area contributed by atoms with E-state index in [1.165, 1.54) is 5.57 Å². The average Bonchev–Trinajstić information content (AvgIpc) is 2.78. The van der Waals surface area contributed by atoms with Gasteiger partial charge in [0.05, 0.1) is 24.2 Å². The molecule has 0 aromatic carbocycles. The molecule has 0 aromatic rings. The number of hydrogen-bond donors (Lipinski definition) is 2. The largest absolute Gasteiger partial charge is 0.465 e. The van der Waals surface area contributed by atoms with Gasteiger partial charge in [0, 0.05) is 0 Å². The summed E-state index contributed by atoms with van der Waals surface area (Å²) in [6.45, 7) is 19.0. The van der Waals surface area contributed by atoms with Crippen LogP contribution in [0.3, 0.4) is 0 Å². The van der Waals surface area contributed by atoms with Crippen LogP contribution in [0.4, 0.5) is 0 Å². The van der Waals surface area contributed by atoms with Crippen LogP contribution in [0.1, 0.15) is 120 Å². The van der Waals surface area contributed by atoms with Crippen LogP contribution in [0.5, 0.6) is 0 Å². The Bertz CT molecular complexity index is 963. The molecule has 0 bridgehead atoms. The lowest BCUT2D eigenvalue weighted by Gasteiger charge is -2.71. The quantitative estimate of drug-likeness (QED) is 0.322. The summed E-state index contributed by atoms with van der Waals surface area (Å²) in [5, 5.41) is 22.0. The number of aliphatic hydroxyl groups is 2. The summed E-state index contributed by atoms with van der Waals surface area (Å²) < 4.78 is 5.76. The highest BCUT2D eigenvalue weighted by atomic mass is 16.5. The number of esters is 1. The summed E-state index contributed by atoms with van der Waals surface area (Å²) in [5.41, 5.74) is 2.74. The zero-order valence-corrected chi connectivity index (χ0v) is 24.3. The molecule has 0 aromatic heterocycles. The molecule has 4 nitrogen and oxygen atoms in total. The van der Waals surface area contributed by atoms with Crippen molar-refractivity contribution in [1.82, 2.24) is 0 Å². The second-order valence-corrected chi connectivity index (χ2v) is 15.6. The SMILES string of the molecule is CCOC(=O)[C@]12CCC(C)(C)CC1=C1CCC3[C@@]4(C)C[C@@H](O)[C@H](O)C(C)(C)C4CC[C@@]3(C)[C@]1(C)CC2. The van der Waals surface area contributed by atoms with Gasteiger partial charge in [-0.05, 0) is 110 Å². The summed E-state index contributed by atoms with van der Waals surface area (Å²) in [6.07, 6.45) is 8.81. The first-order valence-electron chi connectivity index (χ1n) is 14.9. The van der Waals surface area contributed by atoms with Crippen LogP contribution >= 0.6 is 0 Å². The third-order valence-electron chi connectivity index (χ3n) is 13.1. The van der Waals surface area contributed by atoms with Crippen molar-refractivity contribution >= 4 is 5.97 Å². The lowest BCUT2D eigenvalue weighted by Crippen LogP contribution is -2.66. The molecule has 4 heteroatoms. The highest BCUT2D eigenvalue weighted by Gasteiger charge is 2.69. The molecule has 5 rings (SSSR count). The molecule has 8 atom stereocenters. The molecule has 4 saturated carbocycles. The van der Waals surface area contributed by atoms with E-state index >= 15 is 0 Å². The molecular formula is C32H52O4. The van der Waals surface area contributed by atoms with Gasteiger partial charge >= 0.3 is 5.97 Å². The predicted molar refractivity (Wildman–Crippen MR) is 143 cm³/mol. The van der Waals surface area contributed by atoms with Gasteiger partial charge < -0.3 is 14.9 Å². The molecule has 204 valence electrons. The van der Waals surface area contributed by atoms with Crippen molar-refractivity contribution in [1.29, 1.82) is 0 Å². The number of hydrogen-bond acceptors (Lipinski definition) is 4. The molecule has 5 aliphatic rings. The minimum absolute atomic E-state index is 0.00979. The lowest BCUT2D eigenvalue weighted by molar-refractivity contribution is -0.233. The maximum atomic E-state index is 13.6. The van der Waals surface area contributed by atoms with Gasteiger partial charge in [-0.25, -0.2) is 0 Å². The van der Waals surface area contributed by atoms with Crippen LogP contribution in [0, 0.1) is 44.3 Å². The molecular weight excluding hydrogens is 448 g/mol. The molecule has 2 unspecified atom stereocenters. The Kier molecular flexibility index (Phi) is 5.99. The first kappa shape index (κ1) is 26.7. The summed E-state index contributed by atoms with van der Waals surface area (Å²) in [7, 11) is 0. The van der Waals surface area contributed by atoms with Crippen molar-refractivity contribution in [3.63, 3.8) is 0 Å². The fraction of sp³-hybridized carbons (Fsp3) is 0.906. The number of rotatable bonds is 2. The van der Waals surface area contributed by atoms with Crippen molar-refractivity contribution < 1.29 is 19.7 Å². The van der Waals surface area contributed by atoms with E-state index in [-0.39, 0.29) is 33.0 Å². The molecule has 0 spiro atoms. The second-order valence-electron chi connectivity index (χ2n) is 15.6. The minimum atomic E-state index is -0.655. The molecule has 0 heterocycles. The normalized spacial score (nSPS) is 49.3. The number of allylic oxidation sites excluding steroid dienone is 1. The second kappa shape index (κ2) is 8.07. The number of carbonyl (C=O) groups is 1. The van der Waals surface area contributed by atoms with E-state index in [0.717, 1.165) is 57.8 Å². The molecule has 0 amide bonds. The Labute approximate surface area is 219 Å². The molecule has 4 fully saturated rings. The number of fused-ring (bicyclic) bond motifs is 6. The zero-order valence-electron chi connectivity index (χ0n) is 24.3. The van der Waals surface area contributed by atoms with Gasteiger partial charge in [-0.15, -0.1) is 0 Å². The van der Waals surface area contributed by atoms with Crippen molar-refractivity contribution in [2.24, 2.45) is 44.3 Å². The van der Waals surface area contributed by atoms with Gasteiger partial charge in [-0.2, -0.15) is 0 Å². The molecule has 0 aliphatic heterocycles. The molecule has 5 aliphatic carbocycles. The van der Waals surface area contributed by atoms with Crippen molar-refractivity contribution in [2.45, 2.75) is 132 Å². The van der Waals surface area contributed by atoms with Gasteiger partial charge in [0.2, 0.25) is 0 Å². The van der Waals surface area contributed by atoms with Gasteiger partial charge in [-0.3, -0.25) is 4.79 Å². The van der Waals surface area contributed by atoms with Crippen LogP contribution in [0.15, 0.2) is 11.1 Å². The van der Waals surface area contributed by atoms with E-state index in [2.05, 4.69) is 48.5 Å². The van der Waals surface area contributed by atoms with Crippen LogP contribution in [0.25, 0.3) is 0 Å². The van der Waals surface area contributed by atoms with E-state index in [1.54, 1.807) is 5.57 Å². The summed E-state index contributed by atoms with van der Waals surface area (Å²) in [6, 6.07) is 0. The third kappa shape index (κ3) is 3.28. The Morgan fingerprint density at radius 2 is 1.56 bits per heavy atom. The lowest BCUT2D eigenvalue weighted by atomic mass is 9.34. The molecule has 0 saturated heterocycles. The highest BCUT2D eigenvalue weighted by Crippen LogP contribution is 2.75. The van der Waals surface area contributed by atoms with E-state index in [1.807, 2.05) is 6.92 Å². The first-order valence-corrected chi connectivity index (χ1v) is 14.9. The fourth-order valence-electron chi connectivity index (χ4n) is 11.0. The maximum absolute atomic E-state index is 13.6. The van der Waals surface area contributed by atoms with Crippen molar-refractivity contribution in [3.05, 3.63) is 11.1 Å². The molecule has 36 heavy (non-hydrogen) atoms. The summed E-state index contributed by atoms with van der Waals surface area (Å²) >= 11 is 0.